The van der Waals surface area contributed by atoms with Gasteiger partial charge in [0.25, 0.3) is 17.7 Å². The molecule has 0 saturated carbocycles. The second-order valence-electron chi connectivity index (χ2n) is 4.74. The molecule has 2 N–H and O–H groups in total. The predicted octanol–water partition coefficient (Wildman–Crippen LogP) is -0.261. The molecule has 2 aliphatic heterocycles. The van der Waals surface area contributed by atoms with Crippen LogP contribution in [0, 0.1) is 0 Å². The molecule has 3 rings (SSSR count). The molecule has 7 nitrogen and oxygen atoms in total. The normalized spacial score (nSPS) is 21.2. The highest BCUT2D eigenvalue weighted by atomic mass is 16.2. The fourth-order valence-electron chi connectivity index (χ4n) is 2.33. The van der Waals surface area contributed by atoms with Crippen molar-refractivity contribution in [3.05, 3.63) is 29.3 Å². The van der Waals surface area contributed by atoms with Crippen molar-refractivity contribution in [3.63, 3.8) is 0 Å². The van der Waals surface area contributed by atoms with Gasteiger partial charge in [0.1, 0.15) is 6.04 Å². The van der Waals surface area contributed by atoms with E-state index < -0.39 is 17.9 Å². The summed E-state index contributed by atoms with van der Waals surface area (Å²) in [6.45, 7) is 0. The van der Waals surface area contributed by atoms with Gasteiger partial charge in [0.05, 0.1) is 17.5 Å². The van der Waals surface area contributed by atoms with E-state index in [-0.39, 0.29) is 23.8 Å². The fraction of sp³-hybridized carbons (Fsp3) is 0.231. The zero-order valence-corrected chi connectivity index (χ0v) is 10.6. The third-order valence-corrected chi connectivity index (χ3v) is 3.46. The molecule has 1 unspecified atom stereocenters. The average Bonchev–Trinajstić information content (AvgIpc) is 2.83. The predicted molar refractivity (Wildman–Crippen MR) is 68.0 cm³/mol. The zero-order valence-electron chi connectivity index (χ0n) is 10.6. The van der Waals surface area contributed by atoms with Gasteiger partial charge in [-0.05, 0) is 18.2 Å². The van der Waals surface area contributed by atoms with Gasteiger partial charge in [-0.25, -0.2) is 0 Å². The van der Waals surface area contributed by atoms with Crippen molar-refractivity contribution < 1.29 is 19.2 Å². The molecule has 0 aliphatic carbocycles. The lowest BCUT2D eigenvalue weighted by Gasteiger charge is -2.12. The number of hydrogen-bond acceptors (Lipinski definition) is 5. The minimum absolute atomic E-state index is 0.0809. The van der Waals surface area contributed by atoms with Gasteiger partial charge in [0.15, 0.2) is 0 Å². The lowest BCUT2D eigenvalue weighted by atomic mass is 10.1. The third-order valence-electron chi connectivity index (χ3n) is 3.46. The number of anilines is 1. The van der Waals surface area contributed by atoms with Crippen molar-refractivity contribution in [2.24, 2.45) is 0 Å². The van der Waals surface area contributed by atoms with E-state index in [0.29, 0.717) is 11.3 Å². The third kappa shape index (κ3) is 1.75. The van der Waals surface area contributed by atoms with Crippen LogP contribution in [0.25, 0.3) is 0 Å². The number of nitrogens with zero attached hydrogens (tertiary/aromatic N) is 1. The summed E-state index contributed by atoms with van der Waals surface area (Å²) in [5.74, 6) is -1.44. The Morgan fingerprint density at radius 2 is 1.85 bits per heavy atom. The van der Waals surface area contributed by atoms with Crippen molar-refractivity contribution in [1.29, 1.82) is 0 Å². The van der Waals surface area contributed by atoms with Crippen molar-refractivity contribution in [2.45, 2.75) is 12.5 Å². The number of nitrogens with one attached hydrogen (secondary N) is 2. The van der Waals surface area contributed by atoms with Gasteiger partial charge in [0, 0.05) is 12.7 Å². The van der Waals surface area contributed by atoms with E-state index in [9.17, 15) is 19.2 Å². The summed E-state index contributed by atoms with van der Waals surface area (Å²) in [5.41, 5.74) is 1.10. The van der Waals surface area contributed by atoms with Crippen molar-refractivity contribution >= 4 is 29.3 Å². The van der Waals surface area contributed by atoms with Crippen LogP contribution >= 0.6 is 0 Å². The van der Waals surface area contributed by atoms with E-state index in [1.54, 1.807) is 6.07 Å². The summed E-state index contributed by atoms with van der Waals surface area (Å²) in [5, 5.41) is 5.10. The van der Waals surface area contributed by atoms with Crippen LogP contribution in [0.4, 0.5) is 5.69 Å². The SMILES string of the molecule is CN1C(=O)CC(Nc2ccc3c(c2)C(=O)NC3=O)C1=O. The summed E-state index contributed by atoms with van der Waals surface area (Å²) >= 11 is 0. The molecule has 1 atom stereocenters. The Bertz CT molecular complexity index is 668. The van der Waals surface area contributed by atoms with Gasteiger partial charge in [-0.1, -0.05) is 0 Å². The Morgan fingerprint density at radius 1 is 1.15 bits per heavy atom. The van der Waals surface area contributed by atoms with Gasteiger partial charge < -0.3 is 5.32 Å². The summed E-state index contributed by atoms with van der Waals surface area (Å²) in [6.07, 6.45) is 0.0809. The molecule has 0 spiro atoms. The molecule has 0 radical (unpaired) electrons. The Morgan fingerprint density at radius 3 is 2.50 bits per heavy atom. The molecule has 0 bridgehead atoms. The zero-order chi connectivity index (χ0) is 14.4. The van der Waals surface area contributed by atoms with E-state index in [1.165, 1.54) is 19.2 Å². The second kappa shape index (κ2) is 4.16. The van der Waals surface area contributed by atoms with Crippen LogP contribution in [-0.4, -0.2) is 41.6 Å². The molecule has 7 heteroatoms. The average molecular weight is 273 g/mol. The molecular formula is C13H11N3O4. The largest absolute Gasteiger partial charge is 0.373 e. The number of benzene rings is 1. The summed E-state index contributed by atoms with van der Waals surface area (Å²) in [4.78, 5) is 47.2. The first-order valence-electron chi connectivity index (χ1n) is 6.04. The van der Waals surface area contributed by atoms with Crippen LogP contribution in [0.3, 0.4) is 0 Å². The molecule has 1 fully saturated rings. The molecule has 2 heterocycles. The standard InChI is InChI=1S/C13H11N3O4/c1-16-10(17)5-9(13(16)20)14-6-2-3-7-8(4-6)12(19)15-11(7)18/h2-4,9,14H,5H2,1H3,(H,15,18,19). The van der Waals surface area contributed by atoms with Gasteiger partial charge in [-0.15, -0.1) is 0 Å². The Balaban J connectivity index is 1.85. The van der Waals surface area contributed by atoms with E-state index >= 15 is 0 Å². The minimum atomic E-state index is -0.634. The first-order valence-corrected chi connectivity index (χ1v) is 6.04. The van der Waals surface area contributed by atoms with E-state index in [0.717, 1.165) is 4.90 Å². The summed E-state index contributed by atoms with van der Waals surface area (Å²) < 4.78 is 0. The smallest absolute Gasteiger partial charge is 0.259 e. The quantitative estimate of drug-likeness (QED) is 0.724. The molecule has 4 amide bonds. The minimum Gasteiger partial charge on any atom is -0.373 e. The van der Waals surface area contributed by atoms with Crippen LogP contribution in [0.2, 0.25) is 0 Å². The van der Waals surface area contributed by atoms with Crippen molar-refractivity contribution in [3.8, 4) is 0 Å². The second-order valence-corrected chi connectivity index (χ2v) is 4.74. The molecule has 1 aromatic rings. The van der Waals surface area contributed by atoms with Crippen LogP contribution in [0.5, 0.6) is 0 Å². The highest BCUT2D eigenvalue weighted by Gasteiger charge is 2.36. The topological polar surface area (TPSA) is 95.6 Å². The number of rotatable bonds is 2. The van der Waals surface area contributed by atoms with Crippen LogP contribution < -0.4 is 10.6 Å². The lowest BCUT2D eigenvalue weighted by Crippen LogP contribution is -2.31. The number of carbonyl (C=O) groups excluding carboxylic acids is 4. The van der Waals surface area contributed by atoms with Crippen molar-refractivity contribution in [1.82, 2.24) is 10.2 Å². The molecule has 2 aliphatic rings. The van der Waals surface area contributed by atoms with Gasteiger partial charge in [-0.2, -0.15) is 0 Å². The number of likely N-dealkylation sites (tertiary alicyclic amines) is 1. The summed E-state index contributed by atoms with van der Waals surface area (Å²) in [7, 11) is 1.43. The van der Waals surface area contributed by atoms with E-state index in [4.69, 9.17) is 0 Å². The molecule has 1 aromatic carbocycles. The number of likely N-dealkylation sites (N-methyl/N-ethyl adjacent to an activating group) is 1. The Hall–Kier alpha value is -2.70. The number of imide groups is 2. The molecule has 0 aromatic heterocycles. The molecule has 20 heavy (non-hydrogen) atoms. The first-order chi connectivity index (χ1) is 9.47. The van der Waals surface area contributed by atoms with Crippen LogP contribution in [-0.2, 0) is 9.59 Å². The van der Waals surface area contributed by atoms with Crippen LogP contribution in [0.1, 0.15) is 27.1 Å². The number of fused-ring (bicyclic) bond motifs is 1. The number of amides is 4. The first kappa shape index (κ1) is 12.3. The van der Waals surface area contributed by atoms with Gasteiger partial charge in [0.2, 0.25) is 5.91 Å². The highest BCUT2D eigenvalue weighted by molar-refractivity contribution is 6.21. The Labute approximate surface area is 113 Å². The highest BCUT2D eigenvalue weighted by Crippen LogP contribution is 2.22. The van der Waals surface area contributed by atoms with Crippen molar-refractivity contribution in [2.75, 3.05) is 12.4 Å². The summed E-state index contributed by atoms with van der Waals surface area (Å²) in [6, 6.07) is 3.99. The van der Waals surface area contributed by atoms with Gasteiger partial charge >= 0.3 is 0 Å². The maximum absolute atomic E-state index is 11.8. The fourth-order valence-corrected chi connectivity index (χ4v) is 2.33. The molecular weight excluding hydrogens is 262 g/mol. The van der Waals surface area contributed by atoms with E-state index in [1.807, 2.05) is 0 Å². The monoisotopic (exact) mass is 273 g/mol. The van der Waals surface area contributed by atoms with Gasteiger partial charge in [-0.3, -0.25) is 29.4 Å². The maximum atomic E-state index is 11.8. The van der Waals surface area contributed by atoms with Crippen LogP contribution in [0.15, 0.2) is 18.2 Å². The maximum Gasteiger partial charge on any atom is 0.259 e. The van der Waals surface area contributed by atoms with E-state index in [2.05, 4.69) is 10.6 Å². The number of carbonyl (C=O) groups is 4. The number of hydrogen-bond donors (Lipinski definition) is 2. The Kier molecular flexibility index (Phi) is 2.56. The molecule has 1 saturated heterocycles. The molecule has 102 valence electrons. The lowest BCUT2D eigenvalue weighted by molar-refractivity contribution is -0.136.